The van der Waals surface area contributed by atoms with Crippen molar-refractivity contribution < 1.29 is 23.8 Å². The van der Waals surface area contributed by atoms with Crippen LogP contribution in [0.15, 0.2) is 30.6 Å². The average Bonchev–Trinajstić information content (AvgIpc) is 2.72. The van der Waals surface area contributed by atoms with Gasteiger partial charge in [0.05, 0.1) is 24.7 Å². The molecule has 178 valence electrons. The molecule has 1 aliphatic rings. The Morgan fingerprint density at radius 1 is 1.24 bits per heavy atom. The lowest BCUT2D eigenvalue weighted by molar-refractivity contribution is -0.116. The second kappa shape index (κ2) is 10.5. The first-order chi connectivity index (χ1) is 15.6. The highest BCUT2D eigenvalue weighted by Crippen LogP contribution is 2.40. The molecule has 1 aliphatic heterocycles. The van der Waals surface area contributed by atoms with E-state index >= 15 is 0 Å². The Balaban J connectivity index is 1.49. The highest BCUT2D eigenvalue weighted by atomic mass is 16.6. The molecule has 33 heavy (non-hydrogen) atoms. The number of alkyl carbamates (subject to hydrolysis) is 1. The molecule has 9 nitrogen and oxygen atoms in total. The molecule has 1 aromatic carbocycles. The largest absolute Gasteiger partial charge is 0.493 e. The summed E-state index contributed by atoms with van der Waals surface area (Å²) in [5.41, 5.74) is 0.911. The van der Waals surface area contributed by atoms with Crippen molar-refractivity contribution in [2.75, 3.05) is 11.9 Å². The van der Waals surface area contributed by atoms with Crippen molar-refractivity contribution in [3.63, 3.8) is 0 Å². The number of aromatic nitrogens is 2. The number of rotatable bonds is 7. The van der Waals surface area contributed by atoms with Crippen LogP contribution in [-0.4, -0.2) is 40.2 Å². The molecular formula is C24H32N4O5. The fourth-order valence-corrected chi connectivity index (χ4v) is 3.40. The molecule has 2 N–H and O–H groups in total. The van der Waals surface area contributed by atoms with Gasteiger partial charge in [-0.25, -0.2) is 14.8 Å². The predicted octanol–water partition coefficient (Wildman–Crippen LogP) is 4.79. The molecule has 0 fully saturated rings. The summed E-state index contributed by atoms with van der Waals surface area (Å²) in [6.07, 6.45) is 4.11. The van der Waals surface area contributed by atoms with E-state index in [1.165, 1.54) is 12.4 Å². The molecule has 1 unspecified atom stereocenters. The first kappa shape index (κ1) is 24.3. The minimum Gasteiger partial charge on any atom is -0.493 e. The zero-order valence-corrected chi connectivity index (χ0v) is 19.8. The third-order valence-corrected chi connectivity index (χ3v) is 5.01. The monoisotopic (exact) mass is 456 g/mol. The van der Waals surface area contributed by atoms with E-state index in [2.05, 4.69) is 27.5 Å². The zero-order chi connectivity index (χ0) is 24.0. The number of amides is 2. The standard InChI is InChI=1S/C24H32N4O5/c1-15-11-12-31-18-7-6-8-19(21(15)18)32-22-25-13-17(14-26-22)28-20(29)10-9-16(2)27-23(30)33-24(3,4)5/h6-8,13-16H,9-12H2,1-5H3,(H,27,30)(H,28,29)/t15?,16-/m1/s1. The summed E-state index contributed by atoms with van der Waals surface area (Å²) in [4.78, 5) is 32.5. The maximum Gasteiger partial charge on any atom is 0.407 e. The minimum absolute atomic E-state index is 0.189. The topological polar surface area (TPSA) is 112 Å². The Morgan fingerprint density at radius 2 is 1.97 bits per heavy atom. The quantitative estimate of drug-likeness (QED) is 0.616. The van der Waals surface area contributed by atoms with Crippen LogP contribution in [0.2, 0.25) is 0 Å². The number of carbonyl (C=O) groups excluding carboxylic acids is 2. The minimum atomic E-state index is -0.567. The van der Waals surface area contributed by atoms with E-state index in [0.717, 1.165) is 17.7 Å². The fourth-order valence-electron chi connectivity index (χ4n) is 3.40. The Morgan fingerprint density at radius 3 is 2.67 bits per heavy atom. The smallest absolute Gasteiger partial charge is 0.407 e. The number of fused-ring (bicyclic) bond motifs is 1. The van der Waals surface area contributed by atoms with Gasteiger partial charge in [0.2, 0.25) is 5.91 Å². The van der Waals surface area contributed by atoms with Crippen LogP contribution in [0.1, 0.15) is 65.4 Å². The Labute approximate surface area is 194 Å². The van der Waals surface area contributed by atoms with E-state index in [0.29, 0.717) is 30.4 Å². The zero-order valence-electron chi connectivity index (χ0n) is 19.8. The highest BCUT2D eigenvalue weighted by molar-refractivity contribution is 5.90. The Kier molecular flexibility index (Phi) is 7.73. The van der Waals surface area contributed by atoms with Gasteiger partial charge < -0.3 is 24.8 Å². The first-order valence-electron chi connectivity index (χ1n) is 11.2. The van der Waals surface area contributed by atoms with Crippen LogP contribution in [0.4, 0.5) is 10.5 Å². The molecule has 0 radical (unpaired) electrons. The number of ether oxygens (including phenoxy) is 3. The van der Waals surface area contributed by atoms with Gasteiger partial charge in [0.1, 0.15) is 17.1 Å². The van der Waals surface area contributed by atoms with Crippen molar-refractivity contribution >= 4 is 17.7 Å². The molecule has 2 amide bonds. The van der Waals surface area contributed by atoms with Crippen molar-refractivity contribution in [2.45, 2.75) is 71.4 Å². The molecule has 1 aromatic heterocycles. The third kappa shape index (κ3) is 7.34. The van der Waals surface area contributed by atoms with Crippen molar-refractivity contribution in [3.8, 4) is 17.5 Å². The van der Waals surface area contributed by atoms with Crippen LogP contribution in [0.3, 0.4) is 0 Å². The van der Waals surface area contributed by atoms with E-state index in [9.17, 15) is 9.59 Å². The lowest BCUT2D eigenvalue weighted by Gasteiger charge is -2.24. The van der Waals surface area contributed by atoms with E-state index in [4.69, 9.17) is 14.2 Å². The maximum absolute atomic E-state index is 12.2. The van der Waals surface area contributed by atoms with Gasteiger partial charge >= 0.3 is 12.1 Å². The van der Waals surface area contributed by atoms with Gasteiger partial charge in [-0.2, -0.15) is 0 Å². The summed E-state index contributed by atoms with van der Waals surface area (Å²) >= 11 is 0. The van der Waals surface area contributed by atoms with Gasteiger partial charge in [0.15, 0.2) is 0 Å². The molecule has 2 aromatic rings. The van der Waals surface area contributed by atoms with Crippen molar-refractivity contribution in [1.82, 2.24) is 15.3 Å². The number of benzene rings is 1. The van der Waals surface area contributed by atoms with Crippen LogP contribution in [0.25, 0.3) is 0 Å². The van der Waals surface area contributed by atoms with Gasteiger partial charge in [-0.15, -0.1) is 0 Å². The van der Waals surface area contributed by atoms with E-state index in [1.807, 2.05) is 25.1 Å². The summed E-state index contributed by atoms with van der Waals surface area (Å²) in [7, 11) is 0. The highest BCUT2D eigenvalue weighted by Gasteiger charge is 2.23. The van der Waals surface area contributed by atoms with E-state index < -0.39 is 11.7 Å². The summed E-state index contributed by atoms with van der Waals surface area (Å²) < 4.78 is 16.8. The Hall–Kier alpha value is -3.36. The molecule has 2 atom stereocenters. The summed E-state index contributed by atoms with van der Waals surface area (Å²) in [5, 5.41) is 5.47. The van der Waals surface area contributed by atoms with Crippen LogP contribution >= 0.6 is 0 Å². The molecular weight excluding hydrogens is 424 g/mol. The lowest BCUT2D eigenvalue weighted by atomic mass is 9.94. The van der Waals surface area contributed by atoms with Crippen LogP contribution in [0.5, 0.6) is 17.5 Å². The van der Waals surface area contributed by atoms with Crippen LogP contribution < -0.4 is 20.1 Å². The third-order valence-electron chi connectivity index (χ3n) is 5.01. The molecule has 0 bridgehead atoms. The van der Waals surface area contributed by atoms with Gasteiger partial charge in [-0.3, -0.25) is 4.79 Å². The number of carbonyl (C=O) groups is 2. The molecule has 3 rings (SSSR count). The van der Waals surface area contributed by atoms with Gasteiger partial charge in [-0.1, -0.05) is 13.0 Å². The average molecular weight is 457 g/mol. The summed E-state index contributed by atoms with van der Waals surface area (Å²) in [5.74, 6) is 1.61. The molecule has 0 saturated heterocycles. The van der Waals surface area contributed by atoms with Crippen LogP contribution in [-0.2, 0) is 9.53 Å². The fraction of sp³-hybridized carbons (Fsp3) is 0.500. The van der Waals surface area contributed by atoms with Crippen LogP contribution in [0, 0.1) is 0 Å². The number of nitrogens with zero attached hydrogens (tertiary/aromatic N) is 2. The van der Waals surface area contributed by atoms with Crippen molar-refractivity contribution in [1.29, 1.82) is 0 Å². The predicted molar refractivity (Wildman–Crippen MR) is 124 cm³/mol. The molecule has 0 saturated carbocycles. The number of anilines is 1. The van der Waals surface area contributed by atoms with Gasteiger partial charge in [0, 0.05) is 18.0 Å². The van der Waals surface area contributed by atoms with Crippen molar-refractivity contribution in [3.05, 3.63) is 36.2 Å². The maximum atomic E-state index is 12.2. The second-order valence-corrected chi connectivity index (χ2v) is 9.20. The number of hydrogen-bond donors (Lipinski definition) is 2. The molecule has 0 aliphatic carbocycles. The number of nitrogens with one attached hydrogen (secondary N) is 2. The van der Waals surface area contributed by atoms with E-state index in [1.54, 1.807) is 20.8 Å². The summed E-state index contributed by atoms with van der Waals surface area (Å²) in [6, 6.07) is 5.66. The lowest BCUT2D eigenvalue weighted by Crippen LogP contribution is -2.38. The SMILES string of the molecule is CC1CCOc2cccc(Oc3ncc(NC(=O)CC[C@@H](C)NC(=O)OC(C)(C)C)cn3)c21. The Bertz CT molecular complexity index is 972. The van der Waals surface area contributed by atoms with Gasteiger partial charge in [0.25, 0.3) is 0 Å². The number of hydrogen-bond acceptors (Lipinski definition) is 7. The second-order valence-electron chi connectivity index (χ2n) is 9.20. The molecule has 2 heterocycles. The summed E-state index contributed by atoms with van der Waals surface area (Å²) in [6.45, 7) is 10.0. The normalized spacial score (nSPS) is 16.1. The van der Waals surface area contributed by atoms with Gasteiger partial charge in [-0.05, 0) is 58.6 Å². The van der Waals surface area contributed by atoms with E-state index in [-0.39, 0.29) is 24.4 Å². The molecule has 9 heteroatoms. The molecule has 0 spiro atoms. The van der Waals surface area contributed by atoms with Crippen molar-refractivity contribution in [2.24, 2.45) is 0 Å². The first-order valence-corrected chi connectivity index (χ1v) is 11.2.